The molecule has 6 nitrogen and oxygen atoms in total. The average Bonchev–Trinajstić information content (AvgIpc) is 3.29. The molecule has 0 spiro atoms. The molecule has 144 valence electrons. The monoisotopic (exact) mass is 424 g/mol. The first-order valence-electron chi connectivity index (χ1n) is 8.64. The van der Waals surface area contributed by atoms with Crippen LogP contribution in [0.3, 0.4) is 0 Å². The van der Waals surface area contributed by atoms with Crippen molar-refractivity contribution in [3.63, 3.8) is 0 Å². The van der Waals surface area contributed by atoms with Gasteiger partial charge in [0, 0.05) is 28.4 Å². The fourth-order valence-corrected chi connectivity index (χ4v) is 5.00. The van der Waals surface area contributed by atoms with Crippen molar-refractivity contribution in [1.82, 2.24) is 20.2 Å². The molecule has 1 fully saturated rings. The van der Waals surface area contributed by atoms with Gasteiger partial charge in [-0.2, -0.15) is 0 Å². The normalized spacial score (nSPS) is 19.6. The summed E-state index contributed by atoms with van der Waals surface area (Å²) in [7, 11) is 0. The average molecular weight is 425 g/mol. The summed E-state index contributed by atoms with van der Waals surface area (Å²) in [5.74, 6) is 0.279. The predicted molar refractivity (Wildman–Crippen MR) is 113 cm³/mol. The third-order valence-corrected chi connectivity index (χ3v) is 6.62. The molecule has 1 aliphatic heterocycles. The molecule has 0 aliphatic carbocycles. The van der Waals surface area contributed by atoms with E-state index in [4.69, 9.17) is 0 Å². The molecule has 0 saturated carbocycles. The molecule has 3 aromatic heterocycles. The summed E-state index contributed by atoms with van der Waals surface area (Å²) >= 11 is 3.05. The Kier molecular flexibility index (Phi) is 6.31. The minimum Gasteiger partial charge on any atom is -0.350 e. The highest BCUT2D eigenvalue weighted by Crippen LogP contribution is 2.33. The molecular formula is C18H21ClN4O2S2. The van der Waals surface area contributed by atoms with Gasteiger partial charge in [-0.1, -0.05) is 13.0 Å². The van der Waals surface area contributed by atoms with Crippen LogP contribution >= 0.6 is 35.1 Å². The number of thiophene rings is 2. The van der Waals surface area contributed by atoms with E-state index in [9.17, 15) is 9.59 Å². The number of amides is 1. The molecule has 1 aliphatic rings. The molecule has 3 aromatic rings. The van der Waals surface area contributed by atoms with Crippen LogP contribution in [-0.2, 0) is 11.3 Å². The number of hydrogen-bond acceptors (Lipinski definition) is 6. The van der Waals surface area contributed by atoms with Crippen molar-refractivity contribution >= 4 is 51.2 Å². The summed E-state index contributed by atoms with van der Waals surface area (Å²) < 4.78 is 1.41. The van der Waals surface area contributed by atoms with Crippen LogP contribution in [0.4, 0.5) is 0 Å². The highest BCUT2D eigenvalue weighted by atomic mass is 35.5. The fourth-order valence-electron chi connectivity index (χ4n) is 3.28. The molecule has 0 radical (unpaired) electrons. The Labute approximate surface area is 171 Å². The van der Waals surface area contributed by atoms with Crippen LogP contribution in [0.5, 0.6) is 0 Å². The van der Waals surface area contributed by atoms with Gasteiger partial charge in [0.25, 0.3) is 5.56 Å². The predicted octanol–water partition coefficient (Wildman–Crippen LogP) is 2.72. The molecule has 2 unspecified atom stereocenters. The van der Waals surface area contributed by atoms with Crippen LogP contribution in [0.15, 0.2) is 34.0 Å². The first-order valence-corrected chi connectivity index (χ1v) is 10.4. The van der Waals surface area contributed by atoms with Crippen LogP contribution < -0.4 is 16.2 Å². The maximum atomic E-state index is 12.9. The molecule has 1 saturated heterocycles. The van der Waals surface area contributed by atoms with Crippen molar-refractivity contribution in [1.29, 1.82) is 0 Å². The van der Waals surface area contributed by atoms with Gasteiger partial charge in [0.05, 0.1) is 11.7 Å². The zero-order valence-corrected chi connectivity index (χ0v) is 17.3. The lowest BCUT2D eigenvalue weighted by Crippen LogP contribution is -2.51. The highest BCUT2D eigenvalue weighted by Gasteiger charge is 2.23. The third kappa shape index (κ3) is 4.08. The van der Waals surface area contributed by atoms with Crippen LogP contribution in [-0.4, -0.2) is 34.6 Å². The SMILES string of the molecule is CC1CCNCC1NC(=O)Cn1cnc2scc(-c3cccs3)c2c1=O.Cl. The standard InChI is InChI=1S/C18H20N4O2S2.ClH/c1-11-4-5-19-7-13(11)21-15(23)8-22-10-20-17-16(18(22)24)12(9-26-17)14-3-2-6-25-14;/h2-3,6,9-11,13,19H,4-5,7-8H2,1H3,(H,21,23);1H. The molecular weight excluding hydrogens is 404 g/mol. The quantitative estimate of drug-likeness (QED) is 0.675. The maximum Gasteiger partial charge on any atom is 0.263 e. The Morgan fingerprint density at radius 2 is 2.30 bits per heavy atom. The smallest absolute Gasteiger partial charge is 0.263 e. The molecule has 2 N–H and O–H groups in total. The van der Waals surface area contributed by atoms with Gasteiger partial charge in [0.15, 0.2) is 0 Å². The lowest BCUT2D eigenvalue weighted by molar-refractivity contribution is -0.122. The zero-order chi connectivity index (χ0) is 18.1. The molecule has 4 heterocycles. The van der Waals surface area contributed by atoms with E-state index in [1.54, 1.807) is 11.3 Å². The summed E-state index contributed by atoms with van der Waals surface area (Å²) in [5, 5.41) is 10.9. The molecule has 4 rings (SSSR count). The van der Waals surface area contributed by atoms with Gasteiger partial charge in [0.2, 0.25) is 5.91 Å². The van der Waals surface area contributed by atoms with Crippen molar-refractivity contribution in [2.45, 2.75) is 25.9 Å². The van der Waals surface area contributed by atoms with Crippen LogP contribution in [0.25, 0.3) is 20.7 Å². The van der Waals surface area contributed by atoms with Crippen molar-refractivity contribution in [2.75, 3.05) is 13.1 Å². The van der Waals surface area contributed by atoms with Gasteiger partial charge < -0.3 is 10.6 Å². The Bertz CT molecular complexity index is 983. The van der Waals surface area contributed by atoms with Gasteiger partial charge in [-0.3, -0.25) is 14.2 Å². The summed E-state index contributed by atoms with van der Waals surface area (Å²) in [6.45, 7) is 3.89. The lowest BCUT2D eigenvalue weighted by atomic mass is 9.95. The largest absolute Gasteiger partial charge is 0.350 e. The number of rotatable bonds is 4. The summed E-state index contributed by atoms with van der Waals surface area (Å²) in [5.41, 5.74) is 0.738. The Morgan fingerprint density at radius 3 is 3.04 bits per heavy atom. The molecule has 1 amide bonds. The number of aromatic nitrogens is 2. The lowest BCUT2D eigenvalue weighted by Gasteiger charge is -2.30. The second kappa shape index (κ2) is 8.52. The minimum absolute atomic E-state index is 0. The van der Waals surface area contributed by atoms with Gasteiger partial charge in [0.1, 0.15) is 11.4 Å². The van der Waals surface area contributed by atoms with Crippen LogP contribution in [0.2, 0.25) is 0 Å². The van der Waals surface area contributed by atoms with Gasteiger partial charge in [-0.25, -0.2) is 4.98 Å². The van der Waals surface area contributed by atoms with Crippen molar-refractivity contribution in [3.8, 4) is 10.4 Å². The van der Waals surface area contributed by atoms with E-state index in [-0.39, 0.29) is 36.5 Å². The second-order valence-electron chi connectivity index (χ2n) is 6.63. The Balaban J connectivity index is 0.00000210. The summed E-state index contributed by atoms with van der Waals surface area (Å²) in [6.07, 6.45) is 2.51. The Hall–Kier alpha value is -1.74. The first-order chi connectivity index (χ1) is 12.6. The molecule has 0 aromatic carbocycles. The van der Waals surface area contributed by atoms with Crippen LogP contribution in [0.1, 0.15) is 13.3 Å². The number of fused-ring (bicyclic) bond motifs is 1. The molecule has 0 bridgehead atoms. The second-order valence-corrected chi connectivity index (χ2v) is 8.43. The van der Waals surface area contributed by atoms with Gasteiger partial charge in [-0.05, 0) is 30.3 Å². The number of halogens is 1. The number of piperidine rings is 1. The van der Waals surface area contributed by atoms with E-state index in [2.05, 4.69) is 22.5 Å². The summed E-state index contributed by atoms with van der Waals surface area (Å²) in [6, 6.07) is 4.06. The number of carbonyl (C=O) groups is 1. The molecule has 27 heavy (non-hydrogen) atoms. The zero-order valence-electron chi connectivity index (χ0n) is 14.8. The van der Waals surface area contributed by atoms with Crippen LogP contribution in [0, 0.1) is 5.92 Å². The van der Waals surface area contributed by atoms with E-state index >= 15 is 0 Å². The van der Waals surface area contributed by atoms with Gasteiger partial charge in [-0.15, -0.1) is 35.1 Å². The first kappa shape index (κ1) is 20.0. The van der Waals surface area contributed by atoms with E-state index in [1.165, 1.54) is 22.2 Å². The van der Waals surface area contributed by atoms with Crippen molar-refractivity contribution in [3.05, 3.63) is 39.6 Å². The topological polar surface area (TPSA) is 76.0 Å². The summed E-state index contributed by atoms with van der Waals surface area (Å²) in [4.78, 5) is 31.5. The molecule has 9 heteroatoms. The maximum absolute atomic E-state index is 12.9. The van der Waals surface area contributed by atoms with Gasteiger partial charge >= 0.3 is 0 Å². The van der Waals surface area contributed by atoms with E-state index in [0.717, 1.165) is 30.0 Å². The number of hydrogen-bond donors (Lipinski definition) is 2. The van der Waals surface area contributed by atoms with Crippen molar-refractivity contribution in [2.24, 2.45) is 5.92 Å². The van der Waals surface area contributed by atoms with E-state index in [1.807, 2.05) is 22.9 Å². The fraction of sp³-hybridized carbons (Fsp3) is 0.389. The number of carbonyl (C=O) groups excluding carboxylic acids is 1. The third-order valence-electron chi connectivity index (χ3n) is 4.84. The highest BCUT2D eigenvalue weighted by molar-refractivity contribution is 7.18. The molecule has 2 atom stereocenters. The minimum atomic E-state index is -0.162. The number of nitrogens with zero attached hydrogens (tertiary/aromatic N) is 2. The van der Waals surface area contributed by atoms with E-state index < -0.39 is 0 Å². The Morgan fingerprint density at radius 1 is 1.44 bits per heavy atom. The van der Waals surface area contributed by atoms with E-state index in [0.29, 0.717) is 16.1 Å². The van der Waals surface area contributed by atoms with Crippen molar-refractivity contribution < 1.29 is 4.79 Å². The number of nitrogens with one attached hydrogen (secondary N) is 2.